The van der Waals surface area contributed by atoms with Crippen LogP contribution in [0.1, 0.15) is 54.4 Å². The lowest BCUT2D eigenvalue weighted by Gasteiger charge is -2.58. The molecule has 4 fully saturated rings. The Morgan fingerprint density at radius 3 is 2.34 bits per heavy atom. The summed E-state index contributed by atoms with van der Waals surface area (Å²) in [7, 11) is 1.32. The Morgan fingerprint density at radius 1 is 1.10 bits per heavy atom. The van der Waals surface area contributed by atoms with Gasteiger partial charge in [-0.3, -0.25) is 9.59 Å². The molecule has 2 N–H and O–H groups in total. The van der Waals surface area contributed by atoms with Crippen molar-refractivity contribution in [1.29, 1.82) is 0 Å². The highest BCUT2D eigenvalue weighted by Crippen LogP contribution is 2.61. The van der Waals surface area contributed by atoms with Crippen molar-refractivity contribution in [3.8, 4) is 0 Å². The summed E-state index contributed by atoms with van der Waals surface area (Å²) in [6.07, 6.45) is 4.64. The lowest BCUT2D eigenvalue weighted by molar-refractivity contribution is -0.196. The normalized spacial score (nSPS) is 31.9. The van der Waals surface area contributed by atoms with E-state index in [-0.39, 0.29) is 25.0 Å². The Balaban J connectivity index is 1.27. The maximum Gasteiger partial charge on any atom is 0.337 e. The standard InChI is InChI=1S/C22H27NO6/c1-28-19(25)17-4-2-14(3-5-17)11-23-18(24)12-29-20(26)21-7-15-6-16(8-21)10-22(27,9-15)13-21/h2-5,15-16,27H,6-13H2,1H3,(H,23,24)/t15-,16+,21?,22?. The molecule has 4 atom stereocenters. The molecule has 5 rings (SSSR count). The minimum atomic E-state index is -0.734. The molecule has 0 aromatic heterocycles. The average Bonchev–Trinajstić information content (AvgIpc) is 2.68. The number of esters is 2. The van der Waals surface area contributed by atoms with Crippen LogP contribution < -0.4 is 5.32 Å². The highest BCUT2D eigenvalue weighted by molar-refractivity contribution is 5.89. The molecule has 4 aliphatic rings. The molecule has 7 nitrogen and oxygen atoms in total. The van der Waals surface area contributed by atoms with E-state index in [4.69, 9.17) is 4.74 Å². The first-order valence-corrected chi connectivity index (χ1v) is 10.1. The molecule has 2 unspecified atom stereocenters. The molecule has 1 aromatic rings. The number of hydrogen-bond acceptors (Lipinski definition) is 6. The number of nitrogens with one attached hydrogen (secondary N) is 1. The Kier molecular flexibility index (Phi) is 5.11. The molecule has 0 heterocycles. The van der Waals surface area contributed by atoms with Gasteiger partial charge in [0.1, 0.15) is 0 Å². The summed E-state index contributed by atoms with van der Waals surface area (Å²) in [6.45, 7) is -0.0541. The van der Waals surface area contributed by atoms with E-state index in [2.05, 4.69) is 10.1 Å². The van der Waals surface area contributed by atoms with Gasteiger partial charge in [-0.25, -0.2) is 4.79 Å². The maximum absolute atomic E-state index is 12.8. The number of ether oxygens (including phenoxy) is 2. The molecule has 0 spiro atoms. The van der Waals surface area contributed by atoms with Gasteiger partial charge >= 0.3 is 11.9 Å². The van der Waals surface area contributed by atoms with E-state index in [1.165, 1.54) is 7.11 Å². The van der Waals surface area contributed by atoms with Gasteiger partial charge in [-0.2, -0.15) is 0 Å². The van der Waals surface area contributed by atoms with Crippen LogP contribution in [0.5, 0.6) is 0 Å². The smallest absolute Gasteiger partial charge is 0.337 e. The van der Waals surface area contributed by atoms with Crippen LogP contribution in [0.15, 0.2) is 24.3 Å². The monoisotopic (exact) mass is 401 g/mol. The molecule has 7 heteroatoms. The van der Waals surface area contributed by atoms with Crippen LogP contribution in [-0.2, 0) is 25.6 Å². The minimum absolute atomic E-state index is 0.271. The zero-order valence-corrected chi connectivity index (χ0v) is 16.6. The summed E-state index contributed by atoms with van der Waals surface area (Å²) < 4.78 is 10.0. The zero-order valence-electron chi connectivity index (χ0n) is 16.6. The number of methoxy groups -OCH3 is 1. The van der Waals surface area contributed by atoms with Crippen molar-refractivity contribution in [2.45, 2.75) is 50.7 Å². The number of rotatable bonds is 6. The SMILES string of the molecule is COC(=O)c1ccc(CNC(=O)COC(=O)C23C[C@@H]4C[C@@H](CC(O)(C4)C2)C3)cc1. The molecular weight excluding hydrogens is 374 g/mol. The summed E-state index contributed by atoms with van der Waals surface area (Å²) in [5, 5.41) is 13.5. The van der Waals surface area contributed by atoms with E-state index in [0.717, 1.165) is 37.7 Å². The molecule has 1 aromatic carbocycles. The number of carbonyl (C=O) groups is 3. The molecule has 0 aliphatic heterocycles. The highest BCUT2D eigenvalue weighted by Gasteiger charge is 2.60. The third-order valence-corrected chi connectivity index (χ3v) is 6.66. The van der Waals surface area contributed by atoms with Gasteiger partial charge in [0, 0.05) is 6.54 Å². The largest absolute Gasteiger partial charge is 0.465 e. The topological polar surface area (TPSA) is 102 Å². The average molecular weight is 401 g/mol. The van der Waals surface area contributed by atoms with Gasteiger partial charge in [-0.15, -0.1) is 0 Å². The van der Waals surface area contributed by atoms with Gasteiger partial charge in [0.05, 0.1) is 23.7 Å². The summed E-state index contributed by atoms with van der Waals surface area (Å²) in [4.78, 5) is 36.3. The molecular formula is C22H27NO6. The van der Waals surface area contributed by atoms with Crippen molar-refractivity contribution >= 4 is 17.8 Å². The Hall–Kier alpha value is -2.41. The predicted molar refractivity (Wildman–Crippen MR) is 103 cm³/mol. The van der Waals surface area contributed by atoms with E-state index in [1.54, 1.807) is 24.3 Å². The van der Waals surface area contributed by atoms with Gasteiger partial charge < -0.3 is 19.9 Å². The van der Waals surface area contributed by atoms with E-state index in [1.807, 2.05) is 0 Å². The van der Waals surface area contributed by atoms with Gasteiger partial charge in [-0.1, -0.05) is 12.1 Å². The number of aliphatic hydroxyl groups is 1. The van der Waals surface area contributed by atoms with E-state index in [9.17, 15) is 19.5 Å². The second kappa shape index (κ2) is 7.44. The molecule has 156 valence electrons. The van der Waals surface area contributed by atoms with Crippen LogP contribution in [0.25, 0.3) is 0 Å². The van der Waals surface area contributed by atoms with Gasteiger partial charge in [0.2, 0.25) is 0 Å². The van der Waals surface area contributed by atoms with Crippen molar-refractivity contribution in [3.05, 3.63) is 35.4 Å². The van der Waals surface area contributed by atoms with Crippen LogP contribution in [0.2, 0.25) is 0 Å². The number of amides is 1. The van der Waals surface area contributed by atoms with Crippen LogP contribution in [0.3, 0.4) is 0 Å². The van der Waals surface area contributed by atoms with Crippen molar-refractivity contribution in [2.24, 2.45) is 17.3 Å². The predicted octanol–water partition coefficient (Wildman–Crippen LogP) is 1.96. The van der Waals surface area contributed by atoms with E-state index in [0.29, 0.717) is 23.8 Å². The lowest BCUT2D eigenvalue weighted by atomic mass is 9.48. The summed E-state index contributed by atoms with van der Waals surface area (Å²) in [5.41, 5.74) is -0.0979. The van der Waals surface area contributed by atoms with Crippen LogP contribution in [0.4, 0.5) is 0 Å². The summed E-state index contributed by atoms with van der Waals surface area (Å²) in [5.74, 6) is -0.366. The molecule has 0 radical (unpaired) electrons. The minimum Gasteiger partial charge on any atom is -0.465 e. The third kappa shape index (κ3) is 4.01. The zero-order chi connectivity index (χ0) is 20.6. The first-order chi connectivity index (χ1) is 13.8. The number of benzene rings is 1. The van der Waals surface area contributed by atoms with Crippen molar-refractivity contribution < 1.29 is 29.0 Å². The first-order valence-electron chi connectivity index (χ1n) is 10.1. The summed E-state index contributed by atoms with van der Waals surface area (Å²) in [6, 6.07) is 6.72. The number of hydrogen-bond donors (Lipinski definition) is 2. The van der Waals surface area contributed by atoms with Crippen LogP contribution in [0, 0.1) is 17.3 Å². The van der Waals surface area contributed by atoms with Gasteiger partial charge in [-0.05, 0) is 68.1 Å². The Morgan fingerprint density at radius 2 is 1.76 bits per heavy atom. The molecule has 29 heavy (non-hydrogen) atoms. The Bertz CT molecular complexity index is 803. The molecule has 4 bridgehead atoms. The second-order valence-corrected chi connectivity index (χ2v) is 9.01. The van der Waals surface area contributed by atoms with Crippen molar-refractivity contribution in [1.82, 2.24) is 5.32 Å². The third-order valence-electron chi connectivity index (χ3n) is 6.66. The second-order valence-electron chi connectivity index (χ2n) is 9.01. The molecule has 4 aliphatic carbocycles. The fraction of sp³-hybridized carbons (Fsp3) is 0.591. The van der Waals surface area contributed by atoms with Crippen LogP contribution >= 0.6 is 0 Å². The van der Waals surface area contributed by atoms with Crippen molar-refractivity contribution in [3.63, 3.8) is 0 Å². The van der Waals surface area contributed by atoms with Crippen LogP contribution in [-0.4, -0.2) is 42.3 Å². The van der Waals surface area contributed by atoms with Crippen molar-refractivity contribution in [2.75, 3.05) is 13.7 Å². The maximum atomic E-state index is 12.8. The number of carbonyl (C=O) groups excluding carboxylic acids is 3. The Labute approximate surface area is 169 Å². The molecule has 0 saturated heterocycles. The van der Waals surface area contributed by atoms with Gasteiger partial charge in [0.15, 0.2) is 6.61 Å². The highest BCUT2D eigenvalue weighted by atomic mass is 16.5. The lowest BCUT2D eigenvalue weighted by Crippen LogP contribution is -2.58. The van der Waals surface area contributed by atoms with E-state index < -0.39 is 17.0 Å². The van der Waals surface area contributed by atoms with Gasteiger partial charge in [0.25, 0.3) is 5.91 Å². The fourth-order valence-corrected chi connectivity index (χ4v) is 5.87. The molecule has 1 amide bonds. The fourth-order valence-electron chi connectivity index (χ4n) is 5.87. The quantitative estimate of drug-likeness (QED) is 0.707. The first kappa shape index (κ1) is 19.9. The molecule has 4 saturated carbocycles. The summed E-state index contributed by atoms with van der Waals surface area (Å²) >= 11 is 0. The van der Waals surface area contributed by atoms with E-state index >= 15 is 0 Å².